The summed E-state index contributed by atoms with van der Waals surface area (Å²) >= 11 is 0. The standard InChI is InChI=1S/C11H15F3N2O/c1-2-5-15-8-10(17)16-6-3-9(4-7-16)11(12,13)14/h2-3,15H,1,4-8H2. The molecule has 1 amide bonds. The minimum absolute atomic E-state index is 0.0312. The molecule has 1 N–H and O–H groups in total. The van der Waals surface area contributed by atoms with Crippen molar-refractivity contribution >= 4 is 5.91 Å². The third-order valence-corrected chi connectivity index (χ3v) is 2.49. The van der Waals surface area contributed by atoms with Crippen LogP contribution in [-0.4, -0.2) is 43.2 Å². The number of hydrogen-bond donors (Lipinski definition) is 1. The molecule has 0 aromatic heterocycles. The van der Waals surface area contributed by atoms with Gasteiger partial charge in [-0.25, -0.2) is 0 Å². The topological polar surface area (TPSA) is 32.3 Å². The molecule has 0 spiro atoms. The van der Waals surface area contributed by atoms with Gasteiger partial charge in [0, 0.05) is 25.2 Å². The van der Waals surface area contributed by atoms with Crippen LogP contribution in [0.1, 0.15) is 6.42 Å². The zero-order chi connectivity index (χ0) is 12.9. The first kappa shape index (κ1) is 13.8. The van der Waals surface area contributed by atoms with Gasteiger partial charge in [0.1, 0.15) is 0 Å². The highest BCUT2D eigenvalue weighted by atomic mass is 19.4. The van der Waals surface area contributed by atoms with Crippen molar-refractivity contribution in [3.8, 4) is 0 Å². The van der Waals surface area contributed by atoms with Crippen LogP contribution in [-0.2, 0) is 4.79 Å². The lowest BCUT2D eigenvalue weighted by Crippen LogP contribution is -2.41. The average Bonchev–Trinajstić information content (AvgIpc) is 2.28. The molecule has 0 fully saturated rings. The molecule has 1 aliphatic rings. The molecule has 3 nitrogen and oxygen atoms in total. The Bertz CT molecular complexity index is 323. The molecule has 0 aliphatic carbocycles. The lowest BCUT2D eigenvalue weighted by atomic mass is 10.1. The van der Waals surface area contributed by atoms with Gasteiger partial charge < -0.3 is 10.2 Å². The first-order chi connectivity index (χ1) is 7.95. The molecule has 1 rings (SSSR count). The quantitative estimate of drug-likeness (QED) is 0.604. The molecular formula is C11H15F3N2O. The van der Waals surface area contributed by atoms with Crippen molar-refractivity contribution in [1.29, 1.82) is 0 Å². The maximum atomic E-state index is 12.3. The summed E-state index contributed by atoms with van der Waals surface area (Å²) < 4.78 is 37.0. The Labute approximate surface area is 98.0 Å². The number of amides is 1. The van der Waals surface area contributed by atoms with Gasteiger partial charge >= 0.3 is 6.18 Å². The van der Waals surface area contributed by atoms with Gasteiger partial charge in [-0.1, -0.05) is 12.2 Å². The van der Waals surface area contributed by atoms with Gasteiger partial charge in [0.05, 0.1) is 6.54 Å². The van der Waals surface area contributed by atoms with Crippen LogP contribution in [0.3, 0.4) is 0 Å². The Morgan fingerprint density at radius 2 is 2.29 bits per heavy atom. The second kappa shape index (κ2) is 5.86. The molecule has 0 saturated carbocycles. The molecule has 0 aromatic rings. The van der Waals surface area contributed by atoms with E-state index in [-0.39, 0.29) is 32.0 Å². The van der Waals surface area contributed by atoms with E-state index in [2.05, 4.69) is 11.9 Å². The summed E-state index contributed by atoms with van der Waals surface area (Å²) in [6, 6.07) is 0. The van der Waals surface area contributed by atoms with Gasteiger partial charge in [-0.05, 0) is 6.42 Å². The molecule has 6 heteroatoms. The number of halogens is 3. The molecule has 0 bridgehead atoms. The Morgan fingerprint density at radius 3 is 2.76 bits per heavy atom. The molecular weight excluding hydrogens is 233 g/mol. The third-order valence-electron chi connectivity index (χ3n) is 2.49. The molecule has 96 valence electrons. The van der Waals surface area contributed by atoms with E-state index in [0.717, 1.165) is 6.08 Å². The third kappa shape index (κ3) is 4.22. The summed E-state index contributed by atoms with van der Waals surface area (Å²) in [5, 5.41) is 2.82. The largest absolute Gasteiger partial charge is 0.412 e. The van der Waals surface area contributed by atoms with Crippen LogP contribution >= 0.6 is 0 Å². The number of rotatable bonds is 4. The van der Waals surface area contributed by atoms with Gasteiger partial charge in [-0.15, -0.1) is 6.58 Å². The summed E-state index contributed by atoms with van der Waals surface area (Å²) in [7, 11) is 0. The lowest BCUT2D eigenvalue weighted by molar-refractivity contribution is -0.131. The second-order valence-corrected chi connectivity index (χ2v) is 3.74. The van der Waals surface area contributed by atoms with E-state index in [0.29, 0.717) is 6.54 Å². The van der Waals surface area contributed by atoms with Crippen molar-refractivity contribution in [2.75, 3.05) is 26.2 Å². The number of carbonyl (C=O) groups excluding carboxylic acids is 1. The van der Waals surface area contributed by atoms with Crippen LogP contribution in [0.4, 0.5) is 13.2 Å². The summed E-state index contributed by atoms with van der Waals surface area (Å²) in [6.07, 6.45) is -1.70. The highest BCUT2D eigenvalue weighted by Gasteiger charge is 2.35. The van der Waals surface area contributed by atoms with Crippen LogP contribution in [0.25, 0.3) is 0 Å². The van der Waals surface area contributed by atoms with Gasteiger partial charge in [-0.2, -0.15) is 13.2 Å². The molecule has 1 aliphatic heterocycles. The fourth-order valence-electron chi connectivity index (χ4n) is 1.55. The van der Waals surface area contributed by atoms with Crippen molar-refractivity contribution in [2.24, 2.45) is 0 Å². The van der Waals surface area contributed by atoms with Crippen LogP contribution in [0.15, 0.2) is 24.3 Å². The first-order valence-electron chi connectivity index (χ1n) is 5.30. The maximum absolute atomic E-state index is 12.3. The van der Waals surface area contributed by atoms with E-state index in [4.69, 9.17) is 0 Å². The number of carbonyl (C=O) groups is 1. The SMILES string of the molecule is C=CCNCC(=O)N1CC=C(C(F)(F)F)CC1. The van der Waals surface area contributed by atoms with Crippen molar-refractivity contribution < 1.29 is 18.0 Å². The molecule has 0 atom stereocenters. The number of nitrogens with one attached hydrogen (secondary N) is 1. The van der Waals surface area contributed by atoms with Crippen molar-refractivity contribution in [3.05, 3.63) is 24.3 Å². The van der Waals surface area contributed by atoms with Crippen LogP contribution in [0.2, 0.25) is 0 Å². The van der Waals surface area contributed by atoms with Gasteiger partial charge in [0.2, 0.25) is 5.91 Å². The molecule has 0 radical (unpaired) electrons. The summed E-state index contributed by atoms with van der Waals surface area (Å²) in [6.45, 7) is 4.27. The molecule has 1 heterocycles. The first-order valence-corrected chi connectivity index (χ1v) is 5.30. The van der Waals surface area contributed by atoms with Gasteiger partial charge in [0.25, 0.3) is 0 Å². The summed E-state index contributed by atoms with van der Waals surface area (Å²) in [5.41, 5.74) is -0.541. The second-order valence-electron chi connectivity index (χ2n) is 3.74. The monoisotopic (exact) mass is 248 g/mol. The zero-order valence-electron chi connectivity index (χ0n) is 9.39. The smallest absolute Gasteiger partial charge is 0.338 e. The van der Waals surface area contributed by atoms with Crippen molar-refractivity contribution in [3.63, 3.8) is 0 Å². The Kier molecular flexibility index (Phi) is 4.74. The van der Waals surface area contributed by atoms with Crippen LogP contribution in [0.5, 0.6) is 0 Å². The molecule has 0 unspecified atom stereocenters. The minimum atomic E-state index is -4.27. The molecule has 17 heavy (non-hydrogen) atoms. The van der Waals surface area contributed by atoms with E-state index in [1.54, 1.807) is 6.08 Å². The van der Waals surface area contributed by atoms with Gasteiger partial charge in [0.15, 0.2) is 0 Å². The van der Waals surface area contributed by atoms with Crippen LogP contribution in [0, 0.1) is 0 Å². The molecule has 0 aromatic carbocycles. The predicted octanol–water partition coefficient (Wildman–Crippen LogP) is 1.48. The Morgan fingerprint density at radius 1 is 1.59 bits per heavy atom. The van der Waals surface area contributed by atoms with Crippen molar-refractivity contribution in [1.82, 2.24) is 10.2 Å². The number of nitrogens with zero attached hydrogens (tertiary/aromatic N) is 1. The average molecular weight is 248 g/mol. The lowest BCUT2D eigenvalue weighted by Gasteiger charge is -2.27. The van der Waals surface area contributed by atoms with Crippen LogP contribution < -0.4 is 5.32 Å². The highest BCUT2D eigenvalue weighted by molar-refractivity contribution is 5.78. The normalized spacial score (nSPS) is 16.6. The number of hydrogen-bond acceptors (Lipinski definition) is 2. The minimum Gasteiger partial charge on any atom is -0.338 e. The van der Waals surface area contributed by atoms with Crippen molar-refractivity contribution in [2.45, 2.75) is 12.6 Å². The molecule has 0 saturated heterocycles. The van der Waals surface area contributed by atoms with E-state index < -0.39 is 11.7 Å². The van der Waals surface area contributed by atoms with Gasteiger partial charge in [-0.3, -0.25) is 4.79 Å². The number of alkyl halides is 3. The van der Waals surface area contributed by atoms with E-state index in [1.165, 1.54) is 4.90 Å². The van der Waals surface area contributed by atoms with E-state index in [1.807, 2.05) is 0 Å². The summed E-state index contributed by atoms with van der Waals surface area (Å²) in [5.74, 6) is -0.190. The Balaban J connectivity index is 2.43. The zero-order valence-corrected chi connectivity index (χ0v) is 9.39. The Hall–Kier alpha value is -1.30. The van der Waals surface area contributed by atoms with E-state index in [9.17, 15) is 18.0 Å². The predicted molar refractivity (Wildman–Crippen MR) is 58.4 cm³/mol. The fraction of sp³-hybridized carbons (Fsp3) is 0.545. The summed E-state index contributed by atoms with van der Waals surface area (Å²) in [4.78, 5) is 13.0. The fourth-order valence-corrected chi connectivity index (χ4v) is 1.55. The highest BCUT2D eigenvalue weighted by Crippen LogP contribution is 2.29. The van der Waals surface area contributed by atoms with E-state index >= 15 is 0 Å². The maximum Gasteiger partial charge on any atom is 0.412 e.